The van der Waals surface area contributed by atoms with Gasteiger partial charge < -0.3 is 15.2 Å². The van der Waals surface area contributed by atoms with E-state index in [1.54, 1.807) is 36.4 Å². The Balaban J connectivity index is 2.11. The summed E-state index contributed by atoms with van der Waals surface area (Å²) in [5.41, 5.74) is 1.10. The predicted octanol–water partition coefficient (Wildman–Crippen LogP) is 2.33. The lowest BCUT2D eigenvalue weighted by Crippen LogP contribution is -2.44. The van der Waals surface area contributed by atoms with Gasteiger partial charge in [-0.2, -0.15) is 0 Å². The fourth-order valence-corrected chi connectivity index (χ4v) is 2.37. The number of nitrogens with one attached hydrogen (secondary N) is 1. The maximum Gasteiger partial charge on any atom is 0.326 e. The van der Waals surface area contributed by atoms with Crippen LogP contribution in [0.2, 0.25) is 0 Å². The normalized spacial score (nSPS) is 13.1. The average Bonchev–Trinajstić information content (AvgIpc) is 2.56. The van der Waals surface area contributed by atoms with Gasteiger partial charge in [0.25, 0.3) is 5.91 Å². The van der Waals surface area contributed by atoms with Crippen molar-refractivity contribution in [1.82, 2.24) is 5.32 Å². The van der Waals surface area contributed by atoms with E-state index < -0.39 is 29.8 Å². The second-order valence-electron chi connectivity index (χ2n) is 5.26. The molecule has 0 heterocycles. The number of carbonyl (C=O) groups excluding carboxylic acids is 1. The minimum Gasteiger partial charge on any atom is -0.480 e. The summed E-state index contributed by atoms with van der Waals surface area (Å²) in [5, 5.41) is 11.8. The third-order valence-electron chi connectivity index (χ3n) is 3.52. The van der Waals surface area contributed by atoms with E-state index in [2.05, 4.69) is 5.32 Å². The highest BCUT2D eigenvalue weighted by Gasteiger charge is 2.26. The van der Waals surface area contributed by atoms with Crippen molar-refractivity contribution in [2.75, 3.05) is 7.11 Å². The number of carboxylic acids is 1. The number of benzene rings is 2. The first-order chi connectivity index (χ1) is 11.5. The zero-order chi connectivity index (χ0) is 17.5. The van der Waals surface area contributed by atoms with E-state index in [1.165, 1.54) is 25.3 Å². The van der Waals surface area contributed by atoms with Crippen LogP contribution >= 0.6 is 0 Å². The number of hydrogen-bond acceptors (Lipinski definition) is 3. The fourth-order valence-electron chi connectivity index (χ4n) is 2.37. The Morgan fingerprint density at radius 3 is 2.46 bits per heavy atom. The Labute approximate surface area is 139 Å². The van der Waals surface area contributed by atoms with Gasteiger partial charge in [-0.15, -0.1) is 0 Å². The second kappa shape index (κ2) is 8.21. The van der Waals surface area contributed by atoms with Crippen LogP contribution in [0.15, 0.2) is 54.6 Å². The maximum absolute atomic E-state index is 13.2. The first-order valence-corrected chi connectivity index (χ1v) is 7.36. The third-order valence-corrected chi connectivity index (χ3v) is 3.52. The van der Waals surface area contributed by atoms with Crippen LogP contribution in [0.3, 0.4) is 0 Å². The average molecular weight is 331 g/mol. The molecular formula is C18H18FNO4. The first-order valence-electron chi connectivity index (χ1n) is 7.36. The van der Waals surface area contributed by atoms with E-state index in [1.807, 2.05) is 0 Å². The molecule has 5 nitrogen and oxygen atoms in total. The van der Waals surface area contributed by atoms with Crippen molar-refractivity contribution in [3.8, 4) is 0 Å². The van der Waals surface area contributed by atoms with Crippen LogP contribution in [-0.4, -0.2) is 30.1 Å². The van der Waals surface area contributed by atoms with Crippen LogP contribution in [0.4, 0.5) is 4.39 Å². The molecule has 2 rings (SSSR count). The Kier molecular flexibility index (Phi) is 6.03. The lowest BCUT2D eigenvalue weighted by atomic mass is 10.0. The smallest absolute Gasteiger partial charge is 0.326 e. The van der Waals surface area contributed by atoms with Crippen molar-refractivity contribution < 1.29 is 23.8 Å². The van der Waals surface area contributed by atoms with Gasteiger partial charge in [0, 0.05) is 13.5 Å². The van der Waals surface area contributed by atoms with Crippen LogP contribution < -0.4 is 5.32 Å². The quantitative estimate of drug-likeness (QED) is 0.816. The van der Waals surface area contributed by atoms with E-state index in [4.69, 9.17) is 4.74 Å². The van der Waals surface area contributed by atoms with Gasteiger partial charge >= 0.3 is 5.97 Å². The molecule has 0 bridgehead atoms. The zero-order valence-corrected chi connectivity index (χ0v) is 13.1. The number of methoxy groups -OCH3 is 1. The number of aliphatic carboxylic acids is 1. The van der Waals surface area contributed by atoms with E-state index >= 15 is 0 Å². The van der Waals surface area contributed by atoms with Gasteiger partial charge in [-0.3, -0.25) is 4.79 Å². The molecule has 0 aliphatic heterocycles. The molecule has 2 aromatic carbocycles. The fraction of sp³-hybridized carbons (Fsp3) is 0.222. The highest BCUT2D eigenvalue weighted by atomic mass is 19.1. The number of carboxylic acid groups (broad SMARTS) is 1. The van der Waals surface area contributed by atoms with Crippen LogP contribution in [0.5, 0.6) is 0 Å². The Morgan fingerprint density at radius 2 is 1.88 bits per heavy atom. The standard InChI is InChI=1S/C18H18FNO4/c1-24-16(13-7-3-2-4-8-13)17(21)20-15(18(22)23)11-12-6-5-9-14(19)10-12/h2-10,15-16H,11H2,1H3,(H,20,21)(H,22,23)/t15-,16-/m1/s1. The summed E-state index contributed by atoms with van der Waals surface area (Å²) in [7, 11) is 1.37. The molecule has 2 atom stereocenters. The number of ether oxygens (including phenoxy) is 1. The first kappa shape index (κ1) is 17.6. The van der Waals surface area contributed by atoms with Crippen LogP contribution in [0.25, 0.3) is 0 Å². The molecule has 24 heavy (non-hydrogen) atoms. The molecule has 0 aromatic heterocycles. The van der Waals surface area contributed by atoms with Crippen molar-refractivity contribution in [3.63, 3.8) is 0 Å². The number of halogens is 1. The minimum absolute atomic E-state index is 0.0238. The molecule has 126 valence electrons. The molecule has 0 saturated heterocycles. The summed E-state index contributed by atoms with van der Waals surface area (Å²) in [6.07, 6.45) is -0.940. The number of hydrogen-bond donors (Lipinski definition) is 2. The molecule has 0 spiro atoms. The SMILES string of the molecule is CO[C@@H](C(=O)N[C@H](Cc1cccc(F)c1)C(=O)O)c1ccccc1. The lowest BCUT2D eigenvalue weighted by molar-refractivity contribution is -0.144. The van der Waals surface area contributed by atoms with Crippen LogP contribution in [0.1, 0.15) is 17.2 Å². The largest absolute Gasteiger partial charge is 0.480 e. The summed E-state index contributed by atoms with van der Waals surface area (Å²) < 4.78 is 18.4. The van der Waals surface area contributed by atoms with Crippen LogP contribution in [0, 0.1) is 5.82 Å². The van der Waals surface area contributed by atoms with Gasteiger partial charge in [0.05, 0.1) is 0 Å². The molecule has 0 saturated carbocycles. The lowest BCUT2D eigenvalue weighted by Gasteiger charge is -2.20. The van der Waals surface area contributed by atoms with Crippen molar-refractivity contribution in [1.29, 1.82) is 0 Å². The van der Waals surface area contributed by atoms with Gasteiger partial charge in [-0.05, 0) is 23.3 Å². The summed E-state index contributed by atoms with van der Waals surface area (Å²) in [6, 6.07) is 13.2. The predicted molar refractivity (Wildman–Crippen MR) is 85.9 cm³/mol. The van der Waals surface area contributed by atoms with E-state index in [-0.39, 0.29) is 6.42 Å². The molecule has 0 radical (unpaired) electrons. The maximum atomic E-state index is 13.2. The van der Waals surface area contributed by atoms with Gasteiger partial charge in [0.1, 0.15) is 11.9 Å². The molecular weight excluding hydrogens is 313 g/mol. The van der Waals surface area contributed by atoms with Gasteiger partial charge in [0.2, 0.25) is 0 Å². The molecule has 2 N–H and O–H groups in total. The minimum atomic E-state index is -1.20. The van der Waals surface area contributed by atoms with E-state index in [0.29, 0.717) is 11.1 Å². The van der Waals surface area contributed by atoms with Crippen molar-refractivity contribution in [2.45, 2.75) is 18.6 Å². The topological polar surface area (TPSA) is 75.6 Å². The van der Waals surface area contributed by atoms with Crippen molar-refractivity contribution in [3.05, 3.63) is 71.5 Å². The third kappa shape index (κ3) is 4.63. The second-order valence-corrected chi connectivity index (χ2v) is 5.26. The molecule has 0 fully saturated rings. The molecule has 0 aliphatic carbocycles. The number of amides is 1. The van der Waals surface area contributed by atoms with Crippen molar-refractivity contribution >= 4 is 11.9 Å². The Bertz CT molecular complexity index is 705. The van der Waals surface area contributed by atoms with Gasteiger partial charge in [-0.25, -0.2) is 9.18 Å². The monoisotopic (exact) mass is 331 g/mol. The summed E-state index contributed by atoms with van der Waals surface area (Å²) in [4.78, 5) is 23.8. The highest BCUT2D eigenvalue weighted by molar-refractivity contribution is 5.87. The highest BCUT2D eigenvalue weighted by Crippen LogP contribution is 2.17. The van der Waals surface area contributed by atoms with E-state index in [0.717, 1.165) is 0 Å². The molecule has 2 aromatic rings. The molecule has 6 heteroatoms. The van der Waals surface area contributed by atoms with Gasteiger partial charge in [-0.1, -0.05) is 42.5 Å². The number of rotatable bonds is 7. The number of carbonyl (C=O) groups is 2. The Morgan fingerprint density at radius 1 is 1.17 bits per heavy atom. The molecule has 1 amide bonds. The Hall–Kier alpha value is -2.73. The van der Waals surface area contributed by atoms with Crippen molar-refractivity contribution in [2.24, 2.45) is 0 Å². The molecule has 0 unspecified atom stereocenters. The summed E-state index contributed by atoms with van der Waals surface area (Å²) >= 11 is 0. The van der Waals surface area contributed by atoms with Gasteiger partial charge in [0.15, 0.2) is 6.10 Å². The van der Waals surface area contributed by atoms with E-state index in [9.17, 15) is 19.1 Å². The zero-order valence-electron chi connectivity index (χ0n) is 13.1. The summed E-state index contributed by atoms with van der Waals surface area (Å²) in [5.74, 6) is -2.22. The molecule has 0 aliphatic rings. The van der Waals surface area contributed by atoms with Crippen LogP contribution in [-0.2, 0) is 20.7 Å². The summed E-state index contributed by atoms with van der Waals surface area (Å²) in [6.45, 7) is 0.